The van der Waals surface area contributed by atoms with Gasteiger partial charge in [0.1, 0.15) is 10.8 Å². The molecule has 0 saturated heterocycles. The molecular formula is C15H11ClFN3O2S2. The van der Waals surface area contributed by atoms with Crippen molar-refractivity contribution in [2.75, 3.05) is 4.72 Å². The molecule has 0 bridgehead atoms. The predicted octanol–water partition coefficient (Wildman–Crippen LogP) is 3.72. The van der Waals surface area contributed by atoms with E-state index in [2.05, 4.69) is 14.9 Å². The van der Waals surface area contributed by atoms with Crippen molar-refractivity contribution in [3.05, 3.63) is 69.9 Å². The molecule has 0 aliphatic rings. The molecule has 24 heavy (non-hydrogen) atoms. The van der Waals surface area contributed by atoms with Gasteiger partial charge in [-0.15, -0.1) is 10.2 Å². The molecule has 9 heteroatoms. The third-order valence-corrected chi connectivity index (χ3v) is 5.66. The summed E-state index contributed by atoms with van der Waals surface area (Å²) in [4.78, 5) is 0.0854. The molecule has 0 atom stereocenters. The average molecular weight is 384 g/mol. The third-order valence-electron chi connectivity index (χ3n) is 3.08. The summed E-state index contributed by atoms with van der Waals surface area (Å²) >= 11 is 6.88. The van der Waals surface area contributed by atoms with Crippen molar-refractivity contribution >= 4 is 38.1 Å². The van der Waals surface area contributed by atoms with Gasteiger partial charge in [-0.25, -0.2) is 12.8 Å². The molecule has 0 aliphatic heterocycles. The van der Waals surface area contributed by atoms with Gasteiger partial charge >= 0.3 is 0 Å². The van der Waals surface area contributed by atoms with Gasteiger partial charge in [0.2, 0.25) is 5.13 Å². The topological polar surface area (TPSA) is 72.0 Å². The summed E-state index contributed by atoms with van der Waals surface area (Å²) in [6.45, 7) is 0. The molecule has 1 N–H and O–H groups in total. The van der Waals surface area contributed by atoms with Crippen molar-refractivity contribution < 1.29 is 12.8 Å². The maximum absolute atomic E-state index is 12.9. The second-order valence-electron chi connectivity index (χ2n) is 4.86. The highest BCUT2D eigenvalue weighted by molar-refractivity contribution is 7.93. The number of nitrogens with zero attached hydrogens (tertiary/aromatic N) is 2. The Morgan fingerprint density at radius 3 is 2.38 bits per heavy atom. The van der Waals surface area contributed by atoms with Crippen molar-refractivity contribution in [1.29, 1.82) is 0 Å². The maximum Gasteiger partial charge on any atom is 0.263 e. The zero-order valence-electron chi connectivity index (χ0n) is 12.1. The first-order valence-corrected chi connectivity index (χ1v) is 9.45. The quantitative estimate of drug-likeness (QED) is 0.728. The average Bonchev–Trinajstić information content (AvgIpc) is 2.96. The molecule has 0 saturated carbocycles. The normalized spacial score (nSPS) is 11.4. The molecule has 124 valence electrons. The van der Waals surface area contributed by atoms with Crippen LogP contribution in [0.4, 0.5) is 9.52 Å². The number of nitrogens with one attached hydrogen (secondary N) is 1. The Hall–Kier alpha value is -2.03. The summed E-state index contributed by atoms with van der Waals surface area (Å²) in [5.74, 6) is -0.313. The van der Waals surface area contributed by atoms with Gasteiger partial charge in [-0.2, -0.15) is 0 Å². The lowest BCUT2D eigenvalue weighted by Gasteiger charge is -2.04. The van der Waals surface area contributed by atoms with Crippen molar-refractivity contribution in [1.82, 2.24) is 10.2 Å². The zero-order chi connectivity index (χ0) is 17.2. The van der Waals surface area contributed by atoms with Crippen molar-refractivity contribution in [2.24, 2.45) is 0 Å². The molecule has 2 aromatic carbocycles. The maximum atomic E-state index is 12.9. The molecule has 1 aromatic heterocycles. The molecule has 1 heterocycles. The second-order valence-corrected chi connectivity index (χ2v) is 8.04. The molecule has 0 amide bonds. The molecule has 3 rings (SSSR count). The Morgan fingerprint density at radius 2 is 1.71 bits per heavy atom. The highest BCUT2D eigenvalue weighted by Crippen LogP contribution is 2.22. The minimum Gasteiger partial charge on any atom is -0.253 e. The van der Waals surface area contributed by atoms with Gasteiger partial charge in [0.05, 0.1) is 4.90 Å². The summed E-state index contributed by atoms with van der Waals surface area (Å²) < 4.78 is 39.8. The van der Waals surface area contributed by atoms with Crippen LogP contribution >= 0.6 is 22.9 Å². The predicted molar refractivity (Wildman–Crippen MR) is 91.4 cm³/mol. The van der Waals surface area contributed by atoms with Gasteiger partial charge in [0, 0.05) is 11.4 Å². The molecular weight excluding hydrogens is 373 g/mol. The molecule has 0 fully saturated rings. The fraction of sp³-hybridized carbons (Fsp3) is 0.0667. The summed E-state index contributed by atoms with van der Waals surface area (Å²) in [7, 11) is -3.75. The van der Waals surface area contributed by atoms with Crippen LogP contribution in [-0.4, -0.2) is 18.6 Å². The Bertz CT molecular complexity index is 942. The Kier molecular flexibility index (Phi) is 4.79. The number of hydrogen-bond donors (Lipinski definition) is 1. The first-order valence-electron chi connectivity index (χ1n) is 6.77. The van der Waals surface area contributed by atoms with Gasteiger partial charge < -0.3 is 0 Å². The van der Waals surface area contributed by atoms with Crippen molar-refractivity contribution in [3.63, 3.8) is 0 Å². The first kappa shape index (κ1) is 16.8. The number of aromatic nitrogens is 2. The second kappa shape index (κ2) is 6.84. The molecule has 0 radical (unpaired) electrons. The van der Waals surface area contributed by atoms with Gasteiger partial charge in [-0.05, 0) is 42.0 Å². The highest BCUT2D eigenvalue weighted by Gasteiger charge is 2.16. The zero-order valence-corrected chi connectivity index (χ0v) is 14.5. The summed E-state index contributed by atoms with van der Waals surface area (Å²) in [5, 5.41) is 9.03. The summed E-state index contributed by atoms with van der Waals surface area (Å²) in [5.41, 5.74) is 0.861. The van der Waals surface area contributed by atoms with E-state index in [0.717, 1.165) is 16.9 Å². The smallest absolute Gasteiger partial charge is 0.253 e. The Morgan fingerprint density at radius 1 is 1.04 bits per heavy atom. The number of benzene rings is 2. The first-order chi connectivity index (χ1) is 11.4. The van der Waals surface area contributed by atoms with Crippen LogP contribution in [0.1, 0.15) is 10.6 Å². The Labute approximate surface area is 147 Å². The van der Waals surface area contributed by atoms with E-state index in [9.17, 15) is 12.8 Å². The van der Waals surface area contributed by atoms with E-state index in [0.29, 0.717) is 16.5 Å². The lowest BCUT2D eigenvalue weighted by molar-refractivity contribution is 0.601. The van der Waals surface area contributed by atoms with E-state index in [4.69, 9.17) is 11.6 Å². The van der Waals surface area contributed by atoms with Crippen LogP contribution in [0.5, 0.6) is 0 Å². The largest absolute Gasteiger partial charge is 0.263 e. The minimum absolute atomic E-state index is 0.0854. The molecule has 0 unspecified atom stereocenters. The monoisotopic (exact) mass is 383 g/mol. The van der Waals surface area contributed by atoms with Crippen LogP contribution in [0.25, 0.3) is 0 Å². The van der Waals surface area contributed by atoms with Crippen LogP contribution in [0.15, 0.2) is 53.4 Å². The number of hydrogen-bond acceptors (Lipinski definition) is 5. The van der Waals surface area contributed by atoms with Crippen LogP contribution in [0, 0.1) is 5.82 Å². The van der Waals surface area contributed by atoms with Crippen LogP contribution in [0.3, 0.4) is 0 Å². The third kappa shape index (κ3) is 4.08. The minimum atomic E-state index is -3.75. The summed E-state index contributed by atoms with van der Waals surface area (Å²) in [6.07, 6.45) is 0.445. The van der Waals surface area contributed by atoms with Crippen LogP contribution < -0.4 is 4.72 Å². The number of rotatable bonds is 5. The van der Waals surface area contributed by atoms with Crippen molar-refractivity contribution in [2.45, 2.75) is 11.3 Å². The molecule has 3 aromatic rings. The fourth-order valence-electron chi connectivity index (χ4n) is 1.93. The van der Waals surface area contributed by atoms with E-state index < -0.39 is 10.0 Å². The molecule has 5 nitrogen and oxygen atoms in total. The number of halogens is 2. The molecule has 0 spiro atoms. The Balaban J connectivity index is 1.73. The summed E-state index contributed by atoms with van der Waals surface area (Å²) in [6, 6.07) is 11.8. The van der Waals surface area contributed by atoms with E-state index in [1.54, 1.807) is 12.1 Å². The van der Waals surface area contributed by atoms with E-state index in [-0.39, 0.29) is 15.8 Å². The highest BCUT2D eigenvalue weighted by atomic mass is 35.5. The number of sulfonamides is 1. The van der Waals surface area contributed by atoms with Gasteiger partial charge in [-0.1, -0.05) is 35.1 Å². The van der Waals surface area contributed by atoms with E-state index in [1.807, 2.05) is 0 Å². The van der Waals surface area contributed by atoms with Crippen LogP contribution in [0.2, 0.25) is 5.02 Å². The van der Waals surface area contributed by atoms with Gasteiger partial charge in [0.25, 0.3) is 10.0 Å². The molecule has 0 aliphatic carbocycles. The van der Waals surface area contributed by atoms with Gasteiger partial charge in [-0.3, -0.25) is 4.72 Å². The van der Waals surface area contributed by atoms with Gasteiger partial charge in [0.15, 0.2) is 0 Å². The van der Waals surface area contributed by atoms with Crippen LogP contribution in [-0.2, 0) is 16.4 Å². The van der Waals surface area contributed by atoms with E-state index in [1.165, 1.54) is 36.4 Å². The fourth-order valence-corrected chi connectivity index (χ4v) is 4.06. The lowest BCUT2D eigenvalue weighted by Crippen LogP contribution is -2.12. The van der Waals surface area contributed by atoms with Crippen molar-refractivity contribution in [3.8, 4) is 0 Å². The SMILES string of the molecule is O=S(=O)(Nc1nnc(Cc2ccc(F)cc2)s1)c1ccc(Cl)cc1. The van der Waals surface area contributed by atoms with E-state index >= 15 is 0 Å². The standard InChI is InChI=1S/C15H11ClFN3O2S2/c16-11-3-7-13(8-4-11)24(21,22)20-15-19-18-14(23-15)9-10-1-5-12(17)6-2-10/h1-8H,9H2,(H,19,20). The number of anilines is 1. The lowest BCUT2D eigenvalue weighted by atomic mass is 10.2.